The first-order valence-corrected chi connectivity index (χ1v) is 10.2. The molecule has 0 saturated carbocycles. The maximum Gasteiger partial charge on any atom is 0.323 e. The molecule has 0 radical (unpaired) electrons. The Morgan fingerprint density at radius 2 is 1.53 bits per heavy atom. The molecule has 0 spiro atoms. The number of benzene rings is 3. The average molecular weight is 446 g/mol. The topological polar surface area (TPSA) is 98.9 Å². The molecule has 4 rings (SSSR count). The van der Waals surface area contributed by atoms with Crippen LogP contribution in [0.3, 0.4) is 0 Å². The normalized spacial score (nSPS) is 10.4. The van der Waals surface area contributed by atoms with Gasteiger partial charge in [0, 0.05) is 33.2 Å². The number of H-pyrrole nitrogens is 1. The van der Waals surface area contributed by atoms with Gasteiger partial charge in [0.25, 0.3) is 5.91 Å². The molecular weight excluding hydrogens is 426 g/mol. The number of aromatic amines is 1. The van der Waals surface area contributed by atoms with Crippen molar-refractivity contribution in [2.75, 3.05) is 16.0 Å². The predicted octanol–water partition coefficient (Wildman–Crippen LogP) is 5.93. The number of rotatable bonds is 5. The van der Waals surface area contributed by atoms with E-state index < -0.39 is 0 Å². The van der Waals surface area contributed by atoms with Crippen LogP contribution in [0.25, 0.3) is 11.1 Å². The molecule has 8 heteroatoms. The van der Waals surface area contributed by atoms with Crippen molar-refractivity contribution in [2.45, 2.75) is 6.92 Å². The molecule has 0 unspecified atom stereocenters. The van der Waals surface area contributed by atoms with Crippen LogP contribution in [0.1, 0.15) is 16.1 Å². The molecule has 1 aromatic heterocycles. The van der Waals surface area contributed by atoms with E-state index in [1.54, 1.807) is 42.5 Å². The van der Waals surface area contributed by atoms with Gasteiger partial charge in [0.1, 0.15) is 0 Å². The van der Waals surface area contributed by atoms with Gasteiger partial charge in [-0.1, -0.05) is 41.9 Å². The number of nitrogens with zero attached hydrogens (tertiary/aromatic N) is 1. The summed E-state index contributed by atoms with van der Waals surface area (Å²) < 4.78 is 0. The van der Waals surface area contributed by atoms with Crippen LogP contribution in [-0.4, -0.2) is 22.1 Å². The van der Waals surface area contributed by atoms with Gasteiger partial charge < -0.3 is 16.0 Å². The molecule has 0 fully saturated rings. The van der Waals surface area contributed by atoms with E-state index in [9.17, 15) is 9.59 Å². The summed E-state index contributed by atoms with van der Waals surface area (Å²) in [5.41, 5.74) is 4.11. The molecule has 7 nitrogen and oxygen atoms in total. The van der Waals surface area contributed by atoms with Crippen molar-refractivity contribution in [3.63, 3.8) is 0 Å². The largest absolute Gasteiger partial charge is 0.323 e. The molecule has 4 N–H and O–H groups in total. The maximum atomic E-state index is 12.8. The van der Waals surface area contributed by atoms with Crippen LogP contribution in [0.5, 0.6) is 0 Å². The zero-order valence-electron chi connectivity index (χ0n) is 17.1. The fourth-order valence-corrected chi connectivity index (χ4v) is 3.41. The molecular formula is C24H20ClN5O2. The molecule has 0 atom stereocenters. The second kappa shape index (κ2) is 9.36. The molecule has 32 heavy (non-hydrogen) atoms. The first kappa shape index (κ1) is 21.1. The summed E-state index contributed by atoms with van der Waals surface area (Å²) in [7, 11) is 0. The van der Waals surface area contributed by atoms with Gasteiger partial charge in [-0.15, -0.1) is 0 Å². The van der Waals surface area contributed by atoms with E-state index >= 15 is 0 Å². The molecule has 4 aromatic rings. The monoisotopic (exact) mass is 445 g/mol. The molecule has 0 aliphatic carbocycles. The number of halogens is 1. The van der Waals surface area contributed by atoms with Gasteiger partial charge in [0.05, 0.1) is 0 Å². The number of aromatic nitrogens is 2. The van der Waals surface area contributed by atoms with Crippen LogP contribution in [0.2, 0.25) is 5.02 Å². The lowest BCUT2D eigenvalue weighted by atomic mass is 10.1. The van der Waals surface area contributed by atoms with Crippen molar-refractivity contribution < 1.29 is 9.59 Å². The summed E-state index contributed by atoms with van der Waals surface area (Å²) in [5, 5.41) is 16.0. The number of hydrogen-bond donors (Lipinski definition) is 4. The Kier molecular flexibility index (Phi) is 6.19. The van der Waals surface area contributed by atoms with Gasteiger partial charge in [0.2, 0.25) is 0 Å². The van der Waals surface area contributed by atoms with E-state index in [4.69, 9.17) is 11.6 Å². The van der Waals surface area contributed by atoms with Crippen LogP contribution in [0.4, 0.5) is 22.0 Å². The molecule has 0 bridgehead atoms. The minimum atomic E-state index is -0.369. The number of amides is 3. The fraction of sp³-hybridized carbons (Fsp3) is 0.0417. The van der Waals surface area contributed by atoms with Crippen molar-refractivity contribution >= 4 is 40.7 Å². The second-order valence-electron chi connectivity index (χ2n) is 7.06. The maximum absolute atomic E-state index is 12.8. The van der Waals surface area contributed by atoms with Crippen molar-refractivity contribution in [1.82, 2.24) is 10.2 Å². The summed E-state index contributed by atoms with van der Waals surface area (Å²) in [6, 6.07) is 22.7. The van der Waals surface area contributed by atoms with E-state index in [0.717, 1.165) is 16.8 Å². The highest BCUT2D eigenvalue weighted by atomic mass is 35.5. The van der Waals surface area contributed by atoms with Crippen molar-refractivity contribution in [3.8, 4) is 11.1 Å². The van der Waals surface area contributed by atoms with E-state index in [-0.39, 0.29) is 11.9 Å². The lowest BCUT2D eigenvalue weighted by Crippen LogP contribution is -2.19. The summed E-state index contributed by atoms with van der Waals surface area (Å²) in [6.45, 7) is 1.87. The van der Waals surface area contributed by atoms with Gasteiger partial charge in [0.15, 0.2) is 5.82 Å². The molecule has 1 heterocycles. The molecule has 3 amide bonds. The number of anilines is 3. The first-order chi connectivity index (χ1) is 15.5. The zero-order chi connectivity index (χ0) is 22.5. The van der Waals surface area contributed by atoms with Crippen LogP contribution >= 0.6 is 11.6 Å². The van der Waals surface area contributed by atoms with Crippen LogP contribution < -0.4 is 16.0 Å². The Labute approximate surface area is 189 Å². The number of para-hydroxylation sites is 1. The summed E-state index contributed by atoms with van der Waals surface area (Å²) >= 11 is 6.11. The standard InChI is InChI=1S/C24H20ClN5O2/c1-15-21(17-6-5-7-18(25)14-17)22(30-29-15)28-23(31)16-10-12-20(13-11-16)27-24(32)26-19-8-3-2-4-9-19/h2-14H,1H3,(H2,26,27,32)(H2,28,29,30,31). The quantitative estimate of drug-likeness (QED) is 0.306. The van der Waals surface area contributed by atoms with Crippen molar-refractivity contribution in [3.05, 3.63) is 95.1 Å². The Morgan fingerprint density at radius 1 is 0.844 bits per heavy atom. The third-order valence-corrected chi connectivity index (χ3v) is 4.96. The van der Waals surface area contributed by atoms with Crippen molar-refractivity contribution in [1.29, 1.82) is 0 Å². The number of urea groups is 1. The highest BCUT2D eigenvalue weighted by Gasteiger charge is 2.16. The van der Waals surface area contributed by atoms with Gasteiger partial charge in [-0.2, -0.15) is 5.10 Å². The first-order valence-electron chi connectivity index (χ1n) is 9.85. The van der Waals surface area contributed by atoms with E-state index in [2.05, 4.69) is 26.1 Å². The van der Waals surface area contributed by atoms with Gasteiger partial charge in [-0.05, 0) is 61.0 Å². The van der Waals surface area contributed by atoms with Crippen LogP contribution in [0.15, 0.2) is 78.9 Å². The summed E-state index contributed by atoms with van der Waals surface area (Å²) in [6.07, 6.45) is 0. The van der Waals surface area contributed by atoms with E-state index in [1.165, 1.54) is 0 Å². The SMILES string of the molecule is Cc1[nH]nc(NC(=O)c2ccc(NC(=O)Nc3ccccc3)cc2)c1-c1cccc(Cl)c1. The molecule has 0 aliphatic rings. The third kappa shape index (κ3) is 4.96. The minimum Gasteiger partial charge on any atom is -0.308 e. The predicted molar refractivity (Wildman–Crippen MR) is 127 cm³/mol. The van der Waals surface area contributed by atoms with Crippen LogP contribution in [-0.2, 0) is 0 Å². The Bertz CT molecular complexity index is 1250. The lowest BCUT2D eigenvalue weighted by Gasteiger charge is -2.09. The zero-order valence-corrected chi connectivity index (χ0v) is 17.9. The van der Waals surface area contributed by atoms with Crippen molar-refractivity contribution in [2.24, 2.45) is 0 Å². The number of nitrogens with one attached hydrogen (secondary N) is 4. The Hall–Kier alpha value is -4.10. The number of carbonyl (C=O) groups is 2. The Balaban J connectivity index is 1.43. The fourth-order valence-electron chi connectivity index (χ4n) is 3.22. The van der Waals surface area contributed by atoms with Gasteiger partial charge in [-0.3, -0.25) is 9.89 Å². The van der Waals surface area contributed by atoms with E-state index in [0.29, 0.717) is 27.8 Å². The van der Waals surface area contributed by atoms with Gasteiger partial charge in [-0.25, -0.2) is 4.79 Å². The second-order valence-corrected chi connectivity index (χ2v) is 7.50. The smallest absolute Gasteiger partial charge is 0.308 e. The lowest BCUT2D eigenvalue weighted by molar-refractivity contribution is 0.102. The highest BCUT2D eigenvalue weighted by Crippen LogP contribution is 2.31. The number of aryl methyl sites for hydroxylation is 1. The number of carbonyl (C=O) groups excluding carboxylic acids is 2. The Morgan fingerprint density at radius 3 is 2.22 bits per heavy atom. The van der Waals surface area contributed by atoms with Gasteiger partial charge >= 0.3 is 6.03 Å². The summed E-state index contributed by atoms with van der Waals surface area (Å²) in [4.78, 5) is 24.9. The van der Waals surface area contributed by atoms with Crippen LogP contribution in [0, 0.1) is 6.92 Å². The number of hydrogen-bond acceptors (Lipinski definition) is 3. The summed E-state index contributed by atoms with van der Waals surface area (Å²) in [5.74, 6) is 0.0965. The molecule has 160 valence electrons. The highest BCUT2D eigenvalue weighted by molar-refractivity contribution is 6.30. The van der Waals surface area contributed by atoms with E-state index in [1.807, 2.05) is 43.3 Å². The molecule has 0 aliphatic heterocycles. The molecule has 3 aromatic carbocycles. The minimum absolute atomic E-state index is 0.319. The average Bonchev–Trinajstić information content (AvgIpc) is 3.14. The third-order valence-electron chi connectivity index (χ3n) is 4.73. The molecule has 0 saturated heterocycles.